The maximum atomic E-state index is 10.8. The number of halogens is 1. The van der Waals surface area contributed by atoms with Crippen LogP contribution in [-0.4, -0.2) is 33.0 Å². The number of hydrogen-bond acceptors (Lipinski definition) is 5. The van der Waals surface area contributed by atoms with Gasteiger partial charge in [0.1, 0.15) is 11.9 Å². The van der Waals surface area contributed by atoms with Crippen LogP contribution in [0.5, 0.6) is 0 Å². The quantitative estimate of drug-likeness (QED) is 0.647. The van der Waals surface area contributed by atoms with Crippen molar-refractivity contribution in [3.8, 4) is 0 Å². The topological polar surface area (TPSA) is 118 Å². The fraction of sp³-hybridized carbons (Fsp3) is 0.250. The highest BCUT2D eigenvalue weighted by molar-refractivity contribution is 6.28. The largest absolute Gasteiger partial charge is 0.477 e. The normalized spacial score (nSPS) is 11.9. The molecule has 4 N–H and O–H groups in total. The molecular formula is C8H9ClN4O3. The summed E-state index contributed by atoms with van der Waals surface area (Å²) in [6.45, 7) is 1.51. The molecule has 8 heteroatoms. The standard InChI is InChI=1S/C8H9ClN4O3/c1-3(6(10)14)11-5-2-4(7(15)16)12-8(9)13-5/h2-3H,1H3,(H2,10,14)(H,15,16)(H,11,12,13). The van der Waals surface area contributed by atoms with Gasteiger partial charge in [-0.2, -0.15) is 0 Å². The van der Waals surface area contributed by atoms with E-state index in [-0.39, 0.29) is 16.8 Å². The van der Waals surface area contributed by atoms with Crippen molar-refractivity contribution in [2.24, 2.45) is 5.73 Å². The van der Waals surface area contributed by atoms with E-state index in [4.69, 9.17) is 22.4 Å². The second-order valence-electron chi connectivity index (χ2n) is 2.98. The van der Waals surface area contributed by atoms with Crippen molar-refractivity contribution in [1.82, 2.24) is 9.97 Å². The van der Waals surface area contributed by atoms with Crippen molar-refractivity contribution in [2.45, 2.75) is 13.0 Å². The van der Waals surface area contributed by atoms with Crippen LogP contribution in [0.15, 0.2) is 6.07 Å². The molecule has 0 fully saturated rings. The highest BCUT2D eigenvalue weighted by Crippen LogP contribution is 2.11. The first kappa shape index (κ1) is 12.2. The molecule has 1 aromatic heterocycles. The van der Waals surface area contributed by atoms with Gasteiger partial charge in [-0.05, 0) is 18.5 Å². The van der Waals surface area contributed by atoms with Gasteiger partial charge in [0.2, 0.25) is 11.2 Å². The average molecular weight is 245 g/mol. The Labute approximate surface area is 95.6 Å². The Hall–Kier alpha value is -1.89. The third-order valence-corrected chi connectivity index (χ3v) is 1.88. The molecule has 1 rings (SSSR count). The first-order valence-electron chi connectivity index (χ1n) is 4.24. The molecular weight excluding hydrogens is 236 g/mol. The predicted octanol–water partition coefficient (Wildman–Crippen LogP) is 0.114. The molecule has 7 nitrogen and oxygen atoms in total. The smallest absolute Gasteiger partial charge is 0.354 e. The Morgan fingerprint density at radius 2 is 2.19 bits per heavy atom. The van der Waals surface area contributed by atoms with E-state index in [0.29, 0.717) is 0 Å². The van der Waals surface area contributed by atoms with E-state index in [2.05, 4.69) is 15.3 Å². The molecule has 0 aliphatic heterocycles. The molecule has 16 heavy (non-hydrogen) atoms. The van der Waals surface area contributed by atoms with E-state index < -0.39 is 17.9 Å². The van der Waals surface area contributed by atoms with Crippen LogP contribution >= 0.6 is 11.6 Å². The van der Waals surface area contributed by atoms with E-state index in [1.165, 1.54) is 6.92 Å². The molecule has 0 aliphatic rings. The number of carbonyl (C=O) groups is 2. The van der Waals surface area contributed by atoms with Crippen LogP contribution in [0.1, 0.15) is 17.4 Å². The number of carboxylic acid groups (broad SMARTS) is 1. The number of rotatable bonds is 4. The molecule has 0 saturated heterocycles. The Morgan fingerprint density at radius 3 is 2.69 bits per heavy atom. The Kier molecular flexibility index (Phi) is 3.62. The van der Waals surface area contributed by atoms with Gasteiger partial charge in [-0.25, -0.2) is 14.8 Å². The third-order valence-electron chi connectivity index (χ3n) is 1.71. The van der Waals surface area contributed by atoms with Gasteiger partial charge in [0.05, 0.1) is 0 Å². The second kappa shape index (κ2) is 4.75. The summed E-state index contributed by atoms with van der Waals surface area (Å²) in [6.07, 6.45) is 0. The molecule has 0 radical (unpaired) electrons. The first-order chi connectivity index (χ1) is 7.40. The number of hydrogen-bond donors (Lipinski definition) is 3. The molecule has 1 amide bonds. The van der Waals surface area contributed by atoms with Crippen LogP contribution in [0.4, 0.5) is 5.82 Å². The van der Waals surface area contributed by atoms with Crippen LogP contribution in [-0.2, 0) is 4.79 Å². The number of anilines is 1. The lowest BCUT2D eigenvalue weighted by atomic mass is 10.3. The van der Waals surface area contributed by atoms with Crippen molar-refractivity contribution in [3.63, 3.8) is 0 Å². The van der Waals surface area contributed by atoms with E-state index in [0.717, 1.165) is 6.07 Å². The molecule has 0 aromatic carbocycles. The van der Waals surface area contributed by atoms with Crippen LogP contribution in [0.25, 0.3) is 0 Å². The number of aromatic nitrogens is 2. The van der Waals surface area contributed by atoms with Crippen molar-refractivity contribution >= 4 is 29.3 Å². The number of primary amides is 1. The van der Waals surface area contributed by atoms with Crippen LogP contribution in [0.2, 0.25) is 5.28 Å². The van der Waals surface area contributed by atoms with Gasteiger partial charge in [0.15, 0.2) is 5.69 Å². The number of aromatic carboxylic acids is 1. The van der Waals surface area contributed by atoms with Crippen molar-refractivity contribution < 1.29 is 14.7 Å². The lowest BCUT2D eigenvalue weighted by Crippen LogP contribution is -2.32. The summed E-state index contributed by atoms with van der Waals surface area (Å²) in [7, 11) is 0. The van der Waals surface area contributed by atoms with Gasteiger partial charge < -0.3 is 16.2 Å². The number of nitrogens with one attached hydrogen (secondary N) is 1. The molecule has 1 aromatic rings. The zero-order chi connectivity index (χ0) is 12.3. The average Bonchev–Trinajstić information content (AvgIpc) is 2.16. The third kappa shape index (κ3) is 3.06. The van der Waals surface area contributed by atoms with Crippen molar-refractivity contribution in [2.75, 3.05) is 5.32 Å². The summed E-state index contributed by atoms with van der Waals surface area (Å²) in [5.41, 5.74) is 4.76. The molecule has 0 spiro atoms. The first-order valence-corrected chi connectivity index (χ1v) is 4.61. The molecule has 1 atom stereocenters. The Morgan fingerprint density at radius 1 is 1.56 bits per heavy atom. The van der Waals surface area contributed by atoms with Gasteiger partial charge in [-0.3, -0.25) is 4.79 Å². The van der Waals surface area contributed by atoms with Crippen LogP contribution < -0.4 is 11.1 Å². The van der Waals surface area contributed by atoms with Crippen LogP contribution in [0.3, 0.4) is 0 Å². The monoisotopic (exact) mass is 244 g/mol. The Balaban J connectivity index is 2.97. The van der Waals surface area contributed by atoms with E-state index in [9.17, 15) is 9.59 Å². The lowest BCUT2D eigenvalue weighted by Gasteiger charge is -2.10. The fourth-order valence-electron chi connectivity index (χ4n) is 0.894. The van der Waals surface area contributed by atoms with Gasteiger partial charge >= 0.3 is 5.97 Å². The summed E-state index contributed by atoms with van der Waals surface area (Å²) >= 11 is 5.52. The van der Waals surface area contributed by atoms with Gasteiger partial charge in [-0.15, -0.1) is 0 Å². The maximum Gasteiger partial charge on any atom is 0.354 e. The van der Waals surface area contributed by atoms with Crippen molar-refractivity contribution in [1.29, 1.82) is 0 Å². The molecule has 1 heterocycles. The number of carboxylic acids is 1. The van der Waals surface area contributed by atoms with Gasteiger partial charge in [0.25, 0.3) is 0 Å². The minimum absolute atomic E-state index is 0.128. The van der Waals surface area contributed by atoms with E-state index in [1.807, 2.05) is 0 Å². The van der Waals surface area contributed by atoms with Crippen molar-refractivity contribution in [3.05, 3.63) is 17.0 Å². The highest BCUT2D eigenvalue weighted by atomic mass is 35.5. The number of nitrogens with two attached hydrogens (primary N) is 1. The van der Waals surface area contributed by atoms with Gasteiger partial charge in [0, 0.05) is 6.07 Å². The molecule has 0 aliphatic carbocycles. The second-order valence-corrected chi connectivity index (χ2v) is 3.32. The number of amides is 1. The molecule has 0 saturated carbocycles. The number of nitrogens with zero attached hydrogens (tertiary/aromatic N) is 2. The minimum atomic E-state index is -1.24. The zero-order valence-corrected chi connectivity index (χ0v) is 9.02. The number of carbonyl (C=O) groups excluding carboxylic acids is 1. The fourth-order valence-corrected chi connectivity index (χ4v) is 1.08. The molecule has 86 valence electrons. The summed E-state index contributed by atoms with van der Waals surface area (Å²) in [5, 5.41) is 11.1. The minimum Gasteiger partial charge on any atom is -0.477 e. The lowest BCUT2D eigenvalue weighted by molar-refractivity contribution is -0.118. The summed E-state index contributed by atoms with van der Waals surface area (Å²) in [6, 6.07) is 0.473. The summed E-state index contributed by atoms with van der Waals surface area (Å²) in [5.74, 6) is -1.70. The predicted molar refractivity (Wildman–Crippen MR) is 56.3 cm³/mol. The summed E-state index contributed by atoms with van der Waals surface area (Å²) < 4.78 is 0. The van der Waals surface area contributed by atoms with E-state index in [1.54, 1.807) is 0 Å². The van der Waals surface area contributed by atoms with Crippen LogP contribution in [0, 0.1) is 0 Å². The Bertz CT molecular complexity index is 437. The maximum absolute atomic E-state index is 10.8. The molecule has 1 unspecified atom stereocenters. The SMILES string of the molecule is CC(Nc1cc(C(=O)O)nc(Cl)n1)C(N)=O. The summed E-state index contributed by atoms with van der Waals surface area (Å²) in [4.78, 5) is 28.6. The highest BCUT2D eigenvalue weighted by Gasteiger charge is 2.13. The zero-order valence-electron chi connectivity index (χ0n) is 8.27. The van der Waals surface area contributed by atoms with Gasteiger partial charge in [-0.1, -0.05) is 0 Å². The molecule has 0 bridgehead atoms. The van der Waals surface area contributed by atoms with E-state index >= 15 is 0 Å².